The number of benzene rings is 1. The molecule has 0 atom stereocenters. The fraction of sp³-hybridized carbons (Fsp3) is 0.400. The average molecular weight is 484 g/mol. The van der Waals surface area contributed by atoms with E-state index in [1.165, 1.54) is 13.2 Å². The van der Waals surface area contributed by atoms with E-state index in [4.69, 9.17) is 9.47 Å². The number of carbonyl (C=O) groups is 1. The van der Waals surface area contributed by atoms with E-state index < -0.39 is 17.9 Å². The molecule has 1 aliphatic rings. The molecule has 0 spiro atoms. The van der Waals surface area contributed by atoms with Crippen LogP contribution < -0.4 is 9.47 Å². The highest BCUT2D eigenvalue weighted by molar-refractivity contribution is 6.00. The molecule has 0 N–H and O–H groups in total. The lowest BCUT2D eigenvalue weighted by molar-refractivity contribution is -0.0503. The van der Waals surface area contributed by atoms with E-state index >= 15 is 0 Å². The number of alkyl halides is 2. The second kappa shape index (κ2) is 9.50. The van der Waals surface area contributed by atoms with Crippen LogP contribution in [0.5, 0.6) is 11.5 Å². The van der Waals surface area contributed by atoms with Crippen LogP contribution in [0.4, 0.5) is 8.78 Å². The van der Waals surface area contributed by atoms with Crippen molar-refractivity contribution in [3.63, 3.8) is 0 Å². The molecule has 4 rings (SSSR count). The molecule has 1 aromatic carbocycles. The van der Waals surface area contributed by atoms with Gasteiger partial charge in [0.05, 0.1) is 30.5 Å². The normalized spacial score (nSPS) is 14.9. The van der Waals surface area contributed by atoms with Gasteiger partial charge >= 0.3 is 6.61 Å². The van der Waals surface area contributed by atoms with Gasteiger partial charge in [0.15, 0.2) is 0 Å². The number of likely N-dealkylation sites (N-methyl/N-ethyl adjacent to an activating group) is 1. The molecule has 3 aromatic rings. The first-order chi connectivity index (χ1) is 16.6. The monoisotopic (exact) mass is 483 g/mol. The lowest BCUT2D eigenvalue weighted by Crippen LogP contribution is -2.47. The Balaban J connectivity index is 1.80. The molecule has 0 bridgehead atoms. The molecule has 1 saturated heterocycles. The summed E-state index contributed by atoms with van der Waals surface area (Å²) in [4.78, 5) is 21.5. The summed E-state index contributed by atoms with van der Waals surface area (Å²) in [6, 6.07) is 8.93. The number of pyridine rings is 1. The van der Waals surface area contributed by atoms with Crippen LogP contribution in [0, 0.1) is 11.3 Å². The number of ether oxygens (including phenoxy) is 2. The maximum absolute atomic E-state index is 13.4. The minimum Gasteiger partial charge on any atom is -0.496 e. The van der Waals surface area contributed by atoms with Crippen LogP contribution in [0.2, 0.25) is 0 Å². The Morgan fingerprint density at radius 2 is 1.86 bits per heavy atom. The molecule has 184 valence electrons. The summed E-state index contributed by atoms with van der Waals surface area (Å²) >= 11 is 0. The van der Waals surface area contributed by atoms with Crippen molar-refractivity contribution in [3.05, 3.63) is 47.8 Å². The maximum Gasteiger partial charge on any atom is 0.387 e. The molecule has 1 aliphatic heterocycles. The molecule has 35 heavy (non-hydrogen) atoms. The molecule has 1 amide bonds. The summed E-state index contributed by atoms with van der Waals surface area (Å²) in [6.07, 6.45) is 3.37. The number of rotatable bonds is 6. The van der Waals surface area contributed by atoms with E-state index in [2.05, 4.69) is 16.0 Å². The largest absolute Gasteiger partial charge is 0.496 e. The van der Waals surface area contributed by atoms with Crippen LogP contribution in [0.3, 0.4) is 0 Å². The van der Waals surface area contributed by atoms with Gasteiger partial charge in [-0.3, -0.25) is 9.20 Å². The Hall–Kier alpha value is -3.71. The summed E-state index contributed by atoms with van der Waals surface area (Å²) in [5, 5.41) is 9.44. The summed E-state index contributed by atoms with van der Waals surface area (Å²) in [5.41, 5.74) is 1.75. The molecular formula is C25H27F2N5O3. The van der Waals surface area contributed by atoms with Crippen LogP contribution in [0.1, 0.15) is 29.8 Å². The van der Waals surface area contributed by atoms with Gasteiger partial charge < -0.3 is 19.3 Å². The molecular weight excluding hydrogens is 456 g/mol. The van der Waals surface area contributed by atoms with Gasteiger partial charge in [-0.15, -0.1) is 0 Å². The summed E-state index contributed by atoms with van der Waals surface area (Å²) in [5.74, 6) is -0.534. The smallest absolute Gasteiger partial charge is 0.387 e. The van der Waals surface area contributed by atoms with Gasteiger partial charge in [0, 0.05) is 37.9 Å². The van der Waals surface area contributed by atoms with Crippen molar-refractivity contribution in [2.45, 2.75) is 25.9 Å². The Kier molecular flexibility index (Phi) is 6.63. The minimum absolute atomic E-state index is 0.0343. The highest BCUT2D eigenvalue weighted by atomic mass is 19.3. The van der Waals surface area contributed by atoms with Crippen molar-refractivity contribution in [1.29, 1.82) is 5.26 Å². The molecule has 0 saturated carbocycles. The topological polar surface area (TPSA) is 83.1 Å². The first-order valence-electron chi connectivity index (χ1n) is 11.2. The van der Waals surface area contributed by atoms with Gasteiger partial charge in [0.2, 0.25) is 0 Å². The van der Waals surface area contributed by atoms with Crippen molar-refractivity contribution in [2.75, 3.05) is 40.3 Å². The Labute approximate surface area is 202 Å². The Morgan fingerprint density at radius 1 is 1.17 bits per heavy atom. The van der Waals surface area contributed by atoms with Crippen molar-refractivity contribution >= 4 is 11.6 Å². The number of nitrogens with zero attached hydrogens (tertiary/aromatic N) is 5. The summed E-state index contributed by atoms with van der Waals surface area (Å²) in [7, 11) is 3.35. The third-order valence-electron chi connectivity index (χ3n) is 6.32. The predicted molar refractivity (Wildman–Crippen MR) is 126 cm³/mol. The number of halogens is 2. The van der Waals surface area contributed by atoms with Crippen molar-refractivity contribution in [1.82, 2.24) is 19.2 Å². The lowest BCUT2D eigenvalue weighted by atomic mass is 9.87. The van der Waals surface area contributed by atoms with Gasteiger partial charge in [-0.1, -0.05) is 0 Å². The fourth-order valence-corrected chi connectivity index (χ4v) is 4.11. The predicted octanol–water partition coefficient (Wildman–Crippen LogP) is 3.80. The highest BCUT2D eigenvalue weighted by Crippen LogP contribution is 2.37. The SMILES string of the molecule is COc1cc(-c2cnc3cc(C(C)(C)C#N)ccn23)cc(OC(F)F)c1C(=O)N1CCN(C)CC1. The van der Waals surface area contributed by atoms with Crippen LogP contribution in [-0.2, 0) is 5.41 Å². The number of aromatic nitrogens is 2. The number of carbonyl (C=O) groups excluding carboxylic acids is 1. The van der Waals surface area contributed by atoms with Gasteiger partial charge in [0.1, 0.15) is 22.7 Å². The standard InChI is InChI=1S/C25H27F2N5O3/c1-25(2,15-28)17-5-6-32-18(14-29-21(32)13-17)16-11-19(34-4)22(20(12-16)35-24(26)27)23(33)31-9-7-30(3)8-10-31/h5-6,11-14,24H,7-10H2,1-4H3. The van der Waals surface area contributed by atoms with Gasteiger partial charge in [-0.05, 0) is 50.7 Å². The average Bonchev–Trinajstić information content (AvgIpc) is 3.26. The quantitative estimate of drug-likeness (QED) is 0.531. The molecule has 0 radical (unpaired) electrons. The molecule has 10 heteroatoms. The number of hydrogen-bond donors (Lipinski definition) is 0. The fourth-order valence-electron chi connectivity index (χ4n) is 4.11. The number of hydrogen-bond acceptors (Lipinski definition) is 6. The van der Waals surface area contributed by atoms with Crippen LogP contribution in [0.15, 0.2) is 36.7 Å². The molecule has 2 aromatic heterocycles. The zero-order chi connectivity index (χ0) is 25.3. The first kappa shape index (κ1) is 24.4. The lowest BCUT2D eigenvalue weighted by Gasteiger charge is -2.33. The van der Waals surface area contributed by atoms with E-state index in [1.807, 2.05) is 33.0 Å². The molecule has 0 aliphatic carbocycles. The van der Waals surface area contributed by atoms with Gasteiger partial charge in [0.25, 0.3) is 5.91 Å². The third-order valence-corrected chi connectivity index (χ3v) is 6.32. The maximum atomic E-state index is 13.4. The summed E-state index contributed by atoms with van der Waals surface area (Å²) < 4.78 is 38.8. The zero-order valence-electron chi connectivity index (χ0n) is 20.1. The number of methoxy groups -OCH3 is 1. The van der Waals surface area contributed by atoms with E-state index in [9.17, 15) is 18.8 Å². The van der Waals surface area contributed by atoms with Crippen molar-refractivity contribution in [3.8, 4) is 28.8 Å². The number of fused-ring (bicyclic) bond motifs is 1. The van der Waals surface area contributed by atoms with Gasteiger partial charge in [-0.25, -0.2) is 4.98 Å². The van der Waals surface area contributed by atoms with Crippen molar-refractivity contribution < 1.29 is 23.0 Å². The molecule has 3 heterocycles. The van der Waals surface area contributed by atoms with E-state index in [0.29, 0.717) is 43.1 Å². The number of amides is 1. The second-order valence-corrected chi connectivity index (χ2v) is 9.05. The zero-order valence-corrected chi connectivity index (χ0v) is 20.1. The van der Waals surface area contributed by atoms with E-state index in [1.54, 1.807) is 27.8 Å². The van der Waals surface area contributed by atoms with E-state index in [-0.39, 0.29) is 17.1 Å². The molecule has 8 nitrogen and oxygen atoms in total. The van der Waals surface area contributed by atoms with Crippen LogP contribution in [0.25, 0.3) is 16.9 Å². The van der Waals surface area contributed by atoms with Crippen LogP contribution >= 0.6 is 0 Å². The highest BCUT2D eigenvalue weighted by Gasteiger charge is 2.29. The number of piperazine rings is 1. The Morgan fingerprint density at radius 3 is 2.49 bits per heavy atom. The first-order valence-corrected chi connectivity index (χ1v) is 11.2. The van der Waals surface area contributed by atoms with E-state index in [0.717, 1.165) is 5.56 Å². The van der Waals surface area contributed by atoms with Gasteiger partial charge in [-0.2, -0.15) is 14.0 Å². The Bertz CT molecular complexity index is 1290. The minimum atomic E-state index is -3.12. The number of imidazole rings is 1. The molecule has 1 fully saturated rings. The summed E-state index contributed by atoms with van der Waals surface area (Å²) in [6.45, 7) is 2.83. The third kappa shape index (κ3) is 4.77. The second-order valence-electron chi connectivity index (χ2n) is 9.05. The number of nitriles is 1. The molecule has 0 unspecified atom stereocenters. The van der Waals surface area contributed by atoms with Crippen molar-refractivity contribution in [2.24, 2.45) is 0 Å². The van der Waals surface area contributed by atoms with Crippen LogP contribution in [-0.4, -0.2) is 72.0 Å².